The summed E-state index contributed by atoms with van der Waals surface area (Å²) in [4.78, 5) is 25.4. The minimum atomic E-state index is -0.285. The first-order valence-corrected chi connectivity index (χ1v) is 8.63. The normalized spacial score (nSPS) is 15.7. The minimum Gasteiger partial charge on any atom is -0.466 e. The number of amides is 2. The summed E-state index contributed by atoms with van der Waals surface area (Å²) >= 11 is 0. The summed E-state index contributed by atoms with van der Waals surface area (Å²) in [6.45, 7) is 5.34. The van der Waals surface area contributed by atoms with Gasteiger partial charge in [-0.05, 0) is 25.3 Å². The molecule has 0 spiro atoms. The lowest BCUT2D eigenvalue weighted by atomic mass is 10.0. The smallest absolute Gasteiger partial charge is 0.315 e. The van der Waals surface area contributed by atoms with Crippen LogP contribution >= 0.6 is 0 Å². The van der Waals surface area contributed by atoms with Crippen molar-refractivity contribution in [2.75, 3.05) is 26.2 Å². The van der Waals surface area contributed by atoms with Crippen LogP contribution in [0.2, 0.25) is 0 Å². The lowest BCUT2D eigenvalue weighted by Crippen LogP contribution is -2.48. The number of benzene rings is 1. The predicted octanol–water partition coefficient (Wildman–Crippen LogP) is 1.90. The first kappa shape index (κ1) is 18.3. The number of nitrogens with one attached hydrogen (secondary N) is 2. The number of hydrogen-bond donors (Lipinski definition) is 2. The molecule has 2 rings (SSSR count). The lowest BCUT2D eigenvalue weighted by molar-refractivity contribution is -0.142. The van der Waals surface area contributed by atoms with E-state index in [2.05, 4.69) is 39.8 Å². The number of ether oxygens (including phenoxy) is 1. The third kappa shape index (κ3) is 6.58. The van der Waals surface area contributed by atoms with E-state index in [0.29, 0.717) is 13.2 Å². The van der Waals surface area contributed by atoms with E-state index in [9.17, 15) is 9.59 Å². The predicted molar refractivity (Wildman–Crippen MR) is 92.5 cm³/mol. The second-order valence-electron chi connectivity index (χ2n) is 5.99. The summed E-state index contributed by atoms with van der Waals surface area (Å²) in [5.74, 6) is -0.285. The van der Waals surface area contributed by atoms with Gasteiger partial charge in [0, 0.05) is 32.2 Å². The summed E-state index contributed by atoms with van der Waals surface area (Å²) < 4.78 is 4.82. The molecule has 6 heteroatoms. The average molecular weight is 333 g/mol. The Hall–Kier alpha value is -2.08. The number of carbonyl (C=O) groups excluding carboxylic acids is 2. The van der Waals surface area contributed by atoms with Crippen molar-refractivity contribution >= 4 is 12.0 Å². The Balaban J connectivity index is 1.60. The summed E-state index contributed by atoms with van der Waals surface area (Å²) in [5.41, 5.74) is 1.32. The van der Waals surface area contributed by atoms with Crippen LogP contribution in [0.4, 0.5) is 4.79 Å². The van der Waals surface area contributed by atoms with Crippen LogP contribution in [0.15, 0.2) is 30.3 Å². The molecule has 0 unspecified atom stereocenters. The van der Waals surface area contributed by atoms with E-state index >= 15 is 0 Å². The van der Waals surface area contributed by atoms with E-state index in [1.54, 1.807) is 6.92 Å². The lowest BCUT2D eigenvalue weighted by Gasteiger charge is -2.32. The van der Waals surface area contributed by atoms with Crippen molar-refractivity contribution in [3.8, 4) is 0 Å². The van der Waals surface area contributed by atoms with Crippen molar-refractivity contribution in [2.24, 2.45) is 0 Å². The number of hydrogen-bond acceptors (Lipinski definition) is 4. The highest BCUT2D eigenvalue weighted by molar-refractivity contribution is 5.75. The maximum Gasteiger partial charge on any atom is 0.315 e. The van der Waals surface area contributed by atoms with Gasteiger partial charge in [0.25, 0.3) is 0 Å². The van der Waals surface area contributed by atoms with Crippen LogP contribution in [0.1, 0.15) is 31.7 Å². The van der Waals surface area contributed by atoms with Crippen molar-refractivity contribution in [2.45, 2.75) is 38.8 Å². The summed E-state index contributed by atoms with van der Waals surface area (Å²) in [5, 5.41) is 5.69. The quantitative estimate of drug-likeness (QED) is 0.748. The number of likely N-dealkylation sites (tertiary alicyclic amines) is 1. The first-order valence-electron chi connectivity index (χ1n) is 8.63. The molecule has 6 nitrogen and oxygen atoms in total. The van der Waals surface area contributed by atoms with Gasteiger partial charge in [0.1, 0.15) is 0 Å². The highest BCUT2D eigenvalue weighted by Gasteiger charge is 2.20. The molecule has 0 bridgehead atoms. The molecule has 0 atom stereocenters. The van der Waals surface area contributed by atoms with Crippen LogP contribution in [-0.4, -0.2) is 49.2 Å². The SMILES string of the molecule is CCOC(=O)CCNC(=O)NC1CCN(Cc2ccccc2)CC1. The zero-order chi connectivity index (χ0) is 17.2. The van der Waals surface area contributed by atoms with Crippen molar-refractivity contribution in [1.29, 1.82) is 0 Å². The molecule has 1 saturated heterocycles. The van der Waals surface area contributed by atoms with Crippen molar-refractivity contribution in [1.82, 2.24) is 15.5 Å². The number of carbonyl (C=O) groups is 2. The highest BCUT2D eigenvalue weighted by atomic mass is 16.5. The van der Waals surface area contributed by atoms with Gasteiger partial charge >= 0.3 is 12.0 Å². The molecule has 1 aliphatic rings. The highest BCUT2D eigenvalue weighted by Crippen LogP contribution is 2.13. The Morgan fingerprint density at radius 2 is 1.92 bits per heavy atom. The zero-order valence-electron chi connectivity index (χ0n) is 14.3. The second kappa shape index (κ2) is 9.93. The maximum absolute atomic E-state index is 11.8. The monoisotopic (exact) mass is 333 g/mol. The molecule has 2 amide bonds. The van der Waals surface area contributed by atoms with Gasteiger partial charge < -0.3 is 15.4 Å². The molecular weight excluding hydrogens is 306 g/mol. The van der Waals surface area contributed by atoms with Crippen molar-refractivity contribution < 1.29 is 14.3 Å². The third-order valence-corrected chi connectivity index (χ3v) is 4.09. The molecule has 2 N–H and O–H groups in total. The molecule has 1 fully saturated rings. The Labute approximate surface area is 143 Å². The van der Waals surface area contributed by atoms with Crippen molar-refractivity contribution in [3.63, 3.8) is 0 Å². The van der Waals surface area contributed by atoms with Crippen LogP contribution in [0.5, 0.6) is 0 Å². The second-order valence-corrected chi connectivity index (χ2v) is 5.99. The molecule has 1 heterocycles. The molecule has 1 aromatic carbocycles. The topological polar surface area (TPSA) is 70.7 Å². The molecule has 24 heavy (non-hydrogen) atoms. The Morgan fingerprint density at radius 3 is 2.58 bits per heavy atom. The van der Waals surface area contributed by atoms with E-state index < -0.39 is 0 Å². The third-order valence-electron chi connectivity index (χ3n) is 4.09. The van der Waals surface area contributed by atoms with Crippen LogP contribution in [0.25, 0.3) is 0 Å². The first-order chi connectivity index (χ1) is 11.7. The number of urea groups is 1. The van der Waals surface area contributed by atoms with E-state index in [4.69, 9.17) is 4.74 Å². The van der Waals surface area contributed by atoms with Gasteiger partial charge in [0.05, 0.1) is 13.0 Å². The van der Waals surface area contributed by atoms with E-state index in [0.717, 1.165) is 32.5 Å². The van der Waals surface area contributed by atoms with Gasteiger partial charge in [0.15, 0.2) is 0 Å². The summed E-state index contributed by atoms with van der Waals surface area (Å²) in [7, 11) is 0. The van der Waals surface area contributed by atoms with E-state index in [1.807, 2.05) is 6.07 Å². The van der Waals surface area contributed by atoms with Gasteiger partial charge in [-0.15, -0.1) is 0 Å². The fourth-order valence-electron chi connectivity index (χ4n) is 2.82. The standard InChI is InChI=1S/C18H27N3O3/c1-2-24-17(22)8-11-19-18(23)20-16-9-12-21(13-10-16)14-15-6-4-3-5-7-15/h3-7,16H,2,8-14H2,1H3,(H2,19,20,23). The largest absolute Gasteiger partial charge is 0.466 e. The van der Waals surface area contributed by atoms with E-state index in [1.165, 1.54) is 5.56 Å². The summed E-state index contributed by atoms with van der Waals surface area (Å²) in [6.07, 6.45) is 2.09. The molecular formula is C18H27N3O3. The van der Waals surface area contributed by atoms with Crippen molar-refractivity contribution in [3.05, 3.63) is 35.9 Å². The van der Waals surface area contributed by atoms with Crippen LogP contribution in [-0.2, 0) is 16.1 Å². The number of esters is 1. The zero-order valence-corrected chi connectivity index (χ0v) is 14.3. The van der Waals surface area contributed by atoms with Gasteiger partial charge in [-0.2, -0.15) is 0 Å². The molecule has 0 aromatic heterocycles. The van der Waals surface area contributed by atoms with E-state index in [-0.39, 0.29) is 24.5 Å². The Bertz CT molecular complexity index is 514. The van der Waals surface area contributed by atoms with Gasteiger partial charge in [-0.3, -0.25) is 9.69 Å². The summed E-state index contributed by atoms with van der Waals surface area (Å²) in [6, 6.07) is 10.4. The van der Waals surface area contributed by atoms with Crippen LogP contribution < -0.4 is 10.6 Å². The molecule has 0 radical (unpaired) electrons. The molecule has 1 aromatic rings. The van der Waals surface area contributed by atoms with Crippen LogP contribution in [0.3, 0.4) is 0 Å². The average Bonchev–Trinajstić information content (AvgIpc) is 2.58. The fraction of sp³-hybridized carbons (Fsp3) is 0.556. The van der Waals surface area contributed by atoms with Gasteiger partial charge in [-0.1, -0.05) is 30.3 Å². The van der Waals surface area contributed by atoms with Crippen LogP contribution in [0, 0.1) is 0 Å². The minimum absolute atomic E-state index is 0.194. The Morgan fingerprint density at radius 1 is 1.21 bits per heavy atom. The van der Waals surface area contributed by atoms with Gasteiger partial charge in [0.2, 0.25) is 0 Å². The molecule has 0 saturated carbocycles. The number of rotatable bonds is 7. The molecule has 1 aliphatic heterocycles. The number of nitrogens with zero attached hydrogens (tertiary/aromatic N) is 1. The molecule has 132 valence electrons. The fourth-order valence-corrected chi connectivity index (χ4v) is 2.82. The number of piperidine rings is 1. The van der Waals surface area contributed by atoms with Gasteiger partial charge in [-0.25, -0.2) is 4.79 Å². The molecule has 0 aliphatic carbocycles. The Kier molecular flexibility index (Phi) is 7.55. The maximum atomic E-state index is 11.8.